The molecule has 23 heavy (non-hydrogen) atoms. The Bertz CT molecular complexity index is 810. The maximum absolute atomic E-state index is 6.10. The van der Waals surface area contributed by atoms with E-state index in [0.717, 1.165) is 34.8 Å². The molecule has 120 valence electrons. The normalized spacial score (nSPS) is 11.3. The third-order valence-electron chi connectivity index (χ3n) is 3.61. The fourth-order valence-corrected chi connectivity index (χ4v) is 2.72. The molecule has 0 unspecified atom stereocenters. The zero-order chi connectivity index (χ0) is 16.4. The highest BCUT2D eigenvalue weighted by Crippen LogP contribution is 2.25. The maximum atomic E-state index is 6.10. The monoisotopic (exact) mass is 331 g/mol. The van der Waals surface area contributed by atoms with E-state index in [2.05, 4.69) is 20.3 Å². The molecule has 2 heterocycles. The van der Waals surface area contributed by atoms with E-state index in [1.165, 1.54) is 0 Å². The Morgan fingerprint density at radius 3 is 2.78 bits per heavy atom. The smallest absolute Gasteiger partial charge is 0.122 e. The Morgan fingerprint density at radius 2 is 2.09 bits per heavy atom. The summed E-state index contributed by atoms with van der Waals surface area (Å²) in [6.45, 7) is 3.29. The van der Waals surface area contributed by atoms with Crippen LogP contribution in [0.1, 0.15) is 17.0 Å². The van der Waals surface area contributed by atoms with E-state index in [9.17, 15) is 0 Å². The lowest BCUT2D eigenvalue weighted by Crippen LogP contribution is -2.18. The highest BCUT2D eigenvalue weighted by molar-refractivity contribution is 6.30. The molecule has 1 aromatic carbocycles. The van der Waals surface area contributed by atoms with Crippen molar-refractivity contribution >= 4 is 11.6 Å². The van der Waals surface area contributed by atoms with E-state index in [4.69, 9.17) is 16.2 Å². The predicted molar refractivity (Wildman–Crippen MR) is 87.9 cm³/mol. The summed E-state index contributed by atoms with van der Waals surface area (Å²) < 4.78 is 6.57. The van der Waals surface area contributed by atoms with Crippen LogP contribution in [0.3, 0.4) is 0 Å². The van der Waals surface area contributed by atoms with Gasteiger partial charge in [-0.3, -0.25) is 9.58 Å². The van der Waals surface area contributed by atoms with Crippen LogP contribution in [0.15, 0.2) is 35.1 Å². The topological polar surface area (TPSA) is 60.0 Å². The molecular formula is C16H18ClN5O. The van der Waals surface area contributed by atoms with Crippen molar-refractivity contribution < 1.29 is 4.63 Å². The fourth-order valence-electron chi connectivity index (χ4n) is 2.53. The van der Waals surface area contributed by atoms with Crippen molar-refractivity contribution in [2.24, 2.45) is 7.05 Å². The fraction of sp³-hybridized carbons (Fsp3) is 0.312. The average molecular weight is 332 g/mol. The molecule has 0 bridgehead atoms. The average Bonchev–Trinajstić information content (AvgIpc) is 3.05. The molecule has 0 spiro atoms. The largest absolute Gasteiger partial charge is 0.296 e. The van der Waals surface area contributed by atoms with E-state index in [1.54, 1.807) is 0 Å². The molecule has 0 fully saturated rings. The molecule has 0 radical (unpaired) electrons. The van der Waals surface area contributed by atoms with Crippen molar-refractivity contribution in [3.8, 4) is 11.3 Å². The van der Waals surface area contributed by atoms with Crippen LogP contribution in [0.2, 0.25) is 5.02 Å². The summed E-state index contributed by atoms with van der Waals surface area (Å²) in [7, 11) is 3.95. The molecular weight excluding hydrogens is 314 g/mol. The van der Waals surface area contributed by atoms with Gasteiger partial charge < -0.3 is 0 Å². The summed E-state index contributed by atoms with van der Waals surface area (Å²) in [5, 5.41) is 13.0. The van der Waals surface area contributed by atoms with Gasteiger partial charge in [0.1, 0.15) is 11.4 Å². The molecule has 0 N–H and O–H groups in total. The summed E-state index contributed by atoms with van der Waals surface area (Å²) in [6, 6.07) is 7.74. The highest BCUT2D eigenvalue weighted by Gasteiger charge is 2.14. The minimum Gasteiger partial charge on any atom is -0.296 e. The second-order valence-corrected chi connectivity index (χ2v) is 6.09. The number of hydrogen-bond donors (Lipinski definition) is 0. The second kappa shape index (κ2) is 6.52. The summed E-state index contributed by atoms with van der Waals surface area (Å²) in [5.74, 6) is 0. The first-order valence-electron chi connectivity index (χ1n) is 7.28. The molecule has 0 aliphatic rings. The van der Waals surface area contributed by atoms with Crippen LogP contribution in [-0.2, 0) is 20.1 Å². The minimum atomic E-state index is 0.666. The quantitative estimate of drug-likeness (QED) is 0.719. The van der Waals surface area contributed by atoms with Gasteiger partial charge in [0.15, 0.2) is 0 Å². The van der Waals surface area contributed by atoms with Crippen molar-refractivity contribution in [3.63, 3.8) is 0 Å². The van der Waals surface area contributed by atoms with E-state index >= 15 is 0 Å². The summed E-state index contributed by atoms with van der Waals surface area (Å²) >= 11 is 6.10. The van der Waals surface area contributed by atoms with Crippen LogP contribution >= 0.6 is 11.6 Å². The Kier molecular flexibility index (Phi) is 4.45. The summed E-state index contributed by atoms with van der Waals surface area (Å²) in [4.78, 5) is 2.15. The van der Waals surface area contributed by atoms with Gasteiger partial charge in [-0.1, -0.05) is 34.0 Å². The lowest BCUT2D eigenvalue weighted by atomic mass is 10.1. The lowest BCUT2D eigenvalue weighted by molar-refractivity contribution is 0.279. The third-order valence-corrected chi connectivity index (χ3v) is 3.84. The molecule has 0 amide bonds. The Balaban J connectivity index is 1.82. The number of benzene rings is 1. The molecule has 3 aromatic rings. The number of hydrogen-bond acceptors (Lipinski definition) is 5. The van der Waals surface area contributed by atoms with Crippen LogP contribution < -0.4 is 0 Å². The van der Waals surface area contributed by atoms with Gasteiger partial charge in [-0.15, -0.1) is 0 Å². The predicted octanol–water partition coefficient (Wildman–Crippen LogP) is 3.06. The Morgan fingerprint density at radius 1 is 1.26 bits per heavy atom. The molecule has 6 nitrogen and oxygen atoms in total. The van der Waals surface area contributed by atoms with E-state index in [1.807, 2.05) is 56.2 Å². The van der Waals surface area contributed by atoms with Gasteiger partial charge in [0.25, 0.3) is 0 Å². The first-order chi connectivity index (χ1) is 11.0. The summed E-state index contributed by atoms with van der Waals surface area (Å²) in [6.07, 6.45) is 2.03. The highest BCUT2D eigenvalue weighted by atomic mass is 35.5. The van der Waals surface area contributed by atoms with Crippen LogP contribution in [0.4, 0.5) is 0 Å². The van der Waals surface area contributed by atoms with Crippen LogP contribution in [0.25, 0.3) is 11.3 Å². The lowest BCUT2D eigenvalue weighted by Gasteiger charge is -2.15. The Hall–Kier alpha value is -2.18. The van der Waals surface area contributed by atoms with Gasteiger partial charge in [-0.05, 0) is 26.1 Å². The van der Waals surface area contributed by atoms with E-state index in [-0.39, 0.29) is 0 Å². The number of rotatable bonds is 5. The van der Waals surface area contributed by atoms with Crippen LogP contribution in [-0.4, -0.2) is 32.0 Å². The van der Waals surface area contributed by atoms with Crippen molar-refractivity contribution in [2.45, 2.75) is 20.0 Å². The number of aromatic nitrogens is 4. The molecule has 7 heteroatoms. The first kappa shape index (κ1) is 15.7. The molecule has 0 saturated heterocycles. The second-order valence-electron chi connectivity index (χ2n) is 5.66. The number of nitrogens with zero attached hydrogens (tertiary/aromatic N) is 5. The molecule has 0 aliphatic heterocycles. The molecule has 3 rings (SSSR count). The third kappa shape index (κ3) is 3.60. The van der Waals surface area contributed by atoms with Gasteiger partial charge in [0, 0.05) is 42.5 Å². The zero-order valence-electron chi connectivity index (χ0n) is 13.3. The van der Waals surface area contributed by atoms with Gasteiger partial charge in [0.2, 0.25) is 0 Å². The van der Waals surface area contributed by atoms with Crippen molar-refractivity contribution in [3.05, 3.63) is 52.4 Å². The number of halogens is 1. The van der Waals surface area contributed by atoms with E-state index in [0.29, 0.717) is 11.6 Å². The number of aryl methyl sites for hydroxylation is 2. The standard InChI is InChI=1S/C16H18ClN5O/c1-11-15(20-23-19-11)10-21(2)8-13-9-22(3)18-16(13)12-5-4-6-14(17)7-12/h4-7,9H,8,10H2,1-3H3. The van der Waals surface area contributed by atoms with Gasteiger partial charge in [-0.25, -0.2) is 4.63 Å². The maximum Gasteiger partial charge on any atom is 0.122 e. The molecule has 0 atom stereocenters. The van der Waals surface area contributed by atoms with Crippen molar-refractivity contribution in [1.29, 1.82) is 0 Å². The zero-order valence-corrected chi connectivity index (χ0v) is 14.1. The van der Waals surface area contributed by atoms with Crippen LogP contribution in [0.5, 0.6) is 0 Å². The van der Waals surface area contributed by atoms with Gasteiger partial charge >= 0.3 is 0 Å². The minimum absolute atomic E-state index is 0.666. The molecule has 2 aromatic heterocycles. The van der Waals surface area contributed by atoms with Crippen molar-refractivity contribution in [1.82, 2.24) is 25.0 Å². The van der Waals surface area contributed by atoms with E-state index < -0.39 is 0 Å². The first-order valence-corrected chi connectivity index (χ1v) is 7.66. The van der Waals surface area contributed by atoms with Crippen LogP contribution in [0, 0.1) is 6.92 Å². The molecule has 0 saturated carbocycles. The van der Waals surface area contributed by atoms with Gasteiger partial charge in [0.05, 0.1) is 5.69 Å². The summed E-state index contributed by atoms with van der Waals surface area (Å²) in [5.41, 5.74) is 4.75. The Labute approximate surface area is 139 Å². The molecule has 0 aliphatic carbocycles. The van der Waals surface area contributed by atoms with Crippen molar-refractivity contribution in [2.75, 3.05) is 7.05 Å². The SMILES string of the molecule is Cc1nonc1CN(C)Cc1cn(C)nc1-c1cccc(Cl)c1. The van der Waals surface area contributed by atoms with Gasteiger partial charge in [-0.2, -0.15) is 5.10 Å².